The quantitative estimate of drug-likeness (QED) is 0.796. The number of hydrogen-bond acceptors (Lipinski definition) is 3. The number of rotatable bonds is 6. The standard InChI is InChI=1S/C16H18FNO2/c1-12-3-2-4-16(7-12)20-6-5-18-11-13-8-14(17)10-15(19)9-13/h2-4,7-10,18-19H,5-6,11H2,1H3. The average Bonchev–Trinajstić information content (AvgIpc) is 2.37. The fraction of sp³-hybridized carbons (Fsp3) is 0.250. The van der Waals surface area contributed by atoms with E-state index in [4.69, 9.17) is 4.74 Å². The molecule has 4 heteroatoms. The van der Waals surface area contributed by atoms with Gasteiger partial charge >= 0.3 is 0 Å². The molecule has 0 heterocycles. The van der Waals surface area contributed by atoms with E-state index in [0.717, 1.165) is 17.4 Å². The molecule has 2 aromatic rings. The van der Waals surface area contributed by atoms with Crippen LogP contribution in [0.3, 0.4) is 0 Å². The second-order valence-electron chi connectivity index (χ2n) is 4.66. The van der Waals surface area contributed by atoms with Gasteiger partial charge in [0.15, 0.2) is 0 Å². The molecule has 2 rings (SSSR count). The molecular weight excluding hydrogens is 257 g/mol. The van der Waals surface area contributed by atoms with Crippen molar-refractivity contribution in [3.05, 3.63) is 59.4 Å². The molecule has 106 valence electrons. The van der Waals surface area contributed by atoms with Crippen molar-refractivity contribution in [3.8, 4) is 11.5 Å². The topological polar surface area (TPSA) is 41.5 Å². The van der Waals surface area contributed by atoms with Crippen molar-refractivity contribution in [3.63, 3.8) is 0 Å². The molecule has 0 bridgehead atoms. The second-order valence-corrected chi connectivity index (χ2v) is 4.66. The molecule has 2 N–H and O–H groups in total. The summed E-state index contributed by atoms with van der Waals surface area (Å²) < 4.78 is 18.6. The Morgan fingerprint density at radius 2 is 2.05 bits per heavy atom. The summed E-state index contributed by atoms with van der Waals surface area (Å²) >= 11 is 0. The minimum Gasteiger partial charge on any atom is -0.508 e. The Kier molecular flexibility index (Phi) is 4.96. The van der Waals surface area contributed by atoms with Crippen molar-refractivity contribution in [1.82, 2.24) is 5.32 Å². The van der Waals surface area contributed by atoms with Gasteiger partial charge in [0.25, 0.3) is 0 Å². The molecule has 0 aliphatic rings. The molecule has 3 nitrogen and oxygen atoms in total. The predicted octanol–water partition coefficient (Wildman–Crippen LogP) is 3.01. The third-order valence-corrected chi connectivity index (χ3v) is 2.81. The van der Waals surface area contributed by atoms with Crippen LogP contribution in [0.1, 0.15) is 11.1 Å². The fourth-order valence-electron chi connectivity index (χ4n) is 1.91. The van der Waals surface area contributed by atoms with Crippen molar-refractivity contribution in [2.75, 3.05) is 13.2 Å². The van der Waals surface area contributed by atoms with Crippen LogP contribution in [0.4, 0.5) is 4.39 Å². The Bertz CT molecular complexity index is 552. The summed E-state index contributed by atoms with van der Waals surface area (Å²) in [7, 11) is 0. The molecule has 0 amide bonds. The summed E-state index contributed by atoms with van der Waals surface area (Å²) in [4.78, 5) is 0. The van der Waals surface area contributed by atoms with E-state index >= 15 is 0 Å². The first-order valence-corrected chi connectivity index (χ1v) is 6.52. The molecule has 0 saturated carbocycles. The van der Waals surface area contributed by atoms with E-state index in [9.17, 15) is 9.50 Å². The van der Waals surface area contributed by atoms with E-state index in [-0.39, 0.29) is 5.75 Å². The molecule has 0 radical (unpaired) electrons. The SMILES string of the molecule is Cc1cccc(OCCNCc2cc(O)cc(F)c2)c1. The summed E-state index contributed by atoms with van der Waals surface area (Å²) in [6.45, 7) is 3.68. The van der Waals surface area contributed by atoms with E-state index in [2.05, 4.69) is 5.32 Å². The average molecular weight is 275 g/mol. The van der Waals surface area contributed by atoms with Crippen LogP contribution >= 0.6 is 0 Å². The van der Waals surface area contributed by atoms with Crippen LogP contribution in [0.2, 0.25) is 0 Å². The Morgan fingerprint density at radius 1 is 1.20 bits per heavy atom. The minimum atomic E-state index is -0.433. The van der Waals surface area contributed by atoms with Crippen LogP contribution in [-0.4, -0.2) is 18.3 Å². The van der Waals surface area contributed by atoms with Gasteiger partial charge in [0, 0.05) is 19.2 Å². The highest BCUT2D eigenvalue weighted by atomic mass is 19.1. The molecule has 20 heavy (non-hydrogen) atoms. The third kappa shape index (κ3) is 4.55. The van der Waals surface area contributed by atoms with Crippen LogP contribution in [-0.2, 0) is 6.54 Å². The third-order valence-electron chi connectivity index (χ3n) is 2.81. The van der Waals surface area contributed by atoms with Gasteiger partial charge in [0.2, 0.25) is 0 Å². The van der Waals surface area contributed by atoms with Gasteiger partial charge in [-0.05, 0) is 42.3 Å². The molecular formula is C16H18FNO2. The van der Waals surface area contributed by atoms with E-state index in [1.54, 1.807) is 0 Å². The predicted molar refractivity (Wildman–Crippen MR) is 76.4 cm³/mol. The number of benzene rings is 2. The molecule has 2 aromatic carbocycles. The lowest BCUT2D eigenvalue weighted by atomic mass is 10.2. The van der Waals surface area contributed by atoms with Gasteiger partial charge < -0.3 is 15.2 Å². The molecule has 0 spiro atoms. The van der Waals surface area contributed by atoms with Gasteiger partial charge in [-0.15, -0.1) is 0 Å². The Morgan fingerprint density at radius 3 is 2.80 bits per heavy atom. The van der Waals surface area contributed by atoms with E-state index < -0.39 is 5.82 Å². The van der Waals surface area contributed by atoms with Crippen LogP contribution in [0, 0.1) is 12.7 Å². The molecule has 0 aliphatic heterocycles. The summed E-state index contributed by atoms with van der Waals surface area (Å²) in [6, 6.07) is 11.9. The smallest absolute Gasteiger partial charge is 0.127 e. The second kappa shape index (κ2) is 6.91. The highest BCUT2D eigenvalue weighted by molar-refractivity contribution is 5.28. The zero-order chi connectivity index (χ0) is 14.4. The number of phenolic OH excluding ortho intramolecular Hbond substituents is 1. The lowest BCUT2D eigenvalue weighted by Gasteiger charge is -2.08. The highest BCUT2D eigenvalue weighted by Gasteiger charge is 1.99. The van der Waals surface area contributed by atoms with E-state index in [0.29, 0.717) is 25.3 Å². The monoisotopic (exact) mass is 275 g/mol. The highest BCUT2D eigenvalue weighted by Crippen LogP contribution is 2.14. The van der Waals surface area contributed by atoms with Crippen LogP contribution in [0.15, 0.2) is 42.5 Å². The zero-order valence-electron chi connectivity index (χ0n) is 11.4. The number of nitrogens with one attached hydrogen (secondary N) is 1. The van der Waals surface area contributed by atoms with Crippen LogP contribution in [0.5, 0.6) is 11.5 Å². The number of aryl methyl sites for hydroxylation is 1. The lowest BCUT2D eigenvalue weighted by Crippen LogP contribution is -2.20. The summed E-state index contributed by atoms with van der Waals surface area (Å²) in [6.07, 6.45) is 0. The normalized spacial score (nSPS) is 10.5. The Balaban J connectivity index is 1.71. The van der Waals surface area contributed by atoms with Crippen molar-refractivity contribution in [1.29, 1.82) is 0 Å². The Hall–Kier alpha value is -2.07. The minimum absolute atomic E-state index is 0.0576. The van der Waals surface area contributed by atoms with Gasteiger partial charge in [0.1, 0.15) is 23.9 Å². The maximum absolute atomic E-state index is 13.1. The molecule has 0 aliphatic carbocycles. The molecule has 0 aromatic heterocycles. The molecule has 0 atom stereocenters. The van der Waals surface area contributed by atoms with Crippen LogP contribution in [0.25, 0.3) is 0 Å². The number of aromatic hydroxyl groups is 1. The molecule has 0 unspecified atom stereocenters. The van der Waals surface area contributed by atoms with Gasteiger partial charge in [-0.25, -0.2) is 4.39 Å². The first kappa shape index (κ1) is 14.3. The maximum atomic E-state index is 13.1. The number of ether oxygens (including phenoxy) is 1. The van der Waals surface area contributed by atoms with Gasteiger partial charge in [-0.2, -0.15) is 0 Å². The van der Waals surface area contributed by atoms with E-state index in [1.807, 2.05) is 31.2 Å². The summed E-state index contributed by atoms with van der Waals surface area (Å²) in [5.74, 6) is 0.353. The van der Waals surface area contributed by atoms with Crippen molar-refractivity contribution < 1.29 is 14.2 Å². The van der Waals surface area contributed by atoms with Crippen molar-refractivity contribution >= 4 is 0 Å². The van der Waals surface area contributed by atoms with Crippen LogP contribution < -0.4 is 10.1 Å². The number of phenols is 1. The first-order valence-electron chi connectivity index (χ1n) is 6.52. The molecule has 0 saturated heterocycles. The summed E-state index contributed by atoms with van der Waals surface area (Å²) in [5.41, 5.74) is 1.86. The first-order chi connectivity index (χ1) is 9.63. The van der Waals surface area contributed by atoms with Gasteiger partial charge in [0.05, 0.1) is 0 Å². The fourth-order valence-corrected chi connectivity index (χ4v) is 1.91. The lowest BCUT2D eigenvalue weighted by molar-refractivity contribution is 0.313. The largest absolute Gasteiger partial charge is 0.508 e. The van der Waals surface area contributed by atoms with Crippen molar-refractivity contribution in [2.45, 2.75) is 13.5 Å². The summed E-state index contributed by atoms with van der Waals surface area (Å²) in [5, 5.41) is 12.4. The maximum Gasteiger partial charge on any atom is 0.127 e. The van der Waals surface area contributed by atoms with Gasteiger partial charge in [-0.3, -0.25) is 0 Å². The van der Waals surface area contributed by atoms with Gasteiger partial charge in [-0.1, -0.05) is 12.1 Å². The number of hydrogen-bond donors (Lipinski definition) is 2. The van der Waals surface area contributed by atoms with Crippen molar-refractivity contribution in [2.24, 2.45) is 0 Å². The zero-order valence-corrected chi connectivity index (χ0v) is 11.4. The molecule has 0 fully saturated rings. The number of halogens is 1. The Labute approximate surface area is 118 Å². The van der Waals surface area contributed by atoms with E-state index in [1.165, 1.54) is 12.1 Å².